The normalized spacial score (nSPS) is 11.5. The van der Waals surface area contributed by atoms with Crippen LogP contribution in [0.5, 0.6) is 0 Å². The van der Waals surface area contributed by atoms with Crippen molar-refractivity contribution in [3.05, 3.63) is 78.9 Å². The zero-order valence-electron chi connectivity index (χ0n) is 13.0. The fourth-order valence-corrected chi connectivity index (χ4v) is 3.49. The quantitative estimate of drug-likeness (QED) is 0.388. The molecule has 0 aliphatic heterocycles. The van der Waals surface area contributed by atoms with Crippen LogP contribution in [0.3, 0.4) is 0 Å². The molecule has 0 fully saturated rings. The van der Waals surface area contributed by atoms with E-state index in [-0.39, 0.29) is 0 Å². The van der Waals surface area contributed by atoms with Crippen molar-refractivity contribution in [1.29, 1.82) is 0 Å². The summed E-state index contributed by atoms with van der Waals surface area (Å²) in [6.07, 6.45) is 0. The Morgan fingerprint density at radius 3 is 2.21 bits per heavy atom. The van der Waals surface area contributed by atoms with E-state index in [4.69, 9.17) is 12.3 Å². The summed E-state index contributed by atoms with van der Waals surface area (Å²) in [7, 11) is 6.00. The molecule has 1 aromatic heterocycles. The van der Waals surface area contributed by atoms with Crippen LogP contribution in [-0.2, 0) is 0 Å². The molecule has 2 heteroatoms. The fraction of sp³-hybridized carbons (Fsp3) is 0. The van der Waals surface area contributed by atoms with Crippen LogP contribution >= 0.6 is 0 Å². The largest absolute Gasteiger partial charge is 0.455 e. The summed E-state index contributed by atoms with van der Waals surface area (Å²) in [6, 6.07) is 26.8. The summed E-state index contributed by atoms with van der Waals surface area (Å²) in [4.78, 5) is 0. The minimum absolute atomic E-state index is 0.772. The molecule has 2 radical (unpaired) electrons. The summed E-state index contributed by atoms with van der Waals surface area (Å²) in [5.74, 6) is 0. The van der Waals surface area contributed by atoms with Gasteiger partial charge in [-0.1, -0.05) is 72.2 Å². The molecular formula is C22H13BO. The Labute approximate surface area is 140 Å². The molecule has 0 unspecified atom stereocenters. The molecule has 4 aromatic carbocycles. The van der Waals surface area contributed by atoms with Gasteiger partial charge in [0.2, 0.25) is 0 Å². The van der Waals surface area contributed by atoms with E-state index in [9.17, 15) is 0 Å². The summed E-state index contributed by atoms with van der Waals surface area (Å²) in [6.45, 7) is 0. The third kappa shape index (κ3) is 1.90. The summed E-state index contributed by atoms with van der Waals surface area (Å²) < 4.78 is 6.16. The first-order valence-electron chi connectivity index (χ1n) is 8.00. The summed E-state index contributed by atoms with van der Waals surface area (Å²) >= 11 is 0. The molecular weight excluding hydrogens is 291 g/mol. The first-order chi connectivity index (χ1) is 11.8. The lowest BCUT2D eigenvalue weighted by Gasteiger charge is -2.09. The van der Waals surface area contributed by atoms with Crippen molar-refractivity contribution in [3.8, 4) is 11.1 Å². The number of rotatable bonds is 1. The van der Waals surface area contributed by atoms with Gasteiger partial charge in [-0.2, -0.15) is 0 Å². The van der Waals surface area contributed by atoms with Crippen molar-refractivity contribution >= 4 is 46.0 Å². The standard InChI is InChI=1S/C22H13BO/c23-15-7-5-6-14(12-15)19-13-20-17-9-3-4-11-21(17)24-22(20)18-10-2-1-8-16(18)19/h1-13H. The minimum Gasteiger partial charge on any atom is -0.455 e. The molecule has 0 saturated heterocycles. The highest BCUT2D eigenvalue weighted by atomic mass is 16.3. The van der Waals surface area contributed by atoms with Gasteiger partial charge in [0.1, 0.15) is 19.0 Å². The molecule has 0 N–H and O–H groups in total. The van der Waals surface area contributed by atoms with Crippen molar-refractivity contribution < 1.29 is 4.42 Å². The van der Waals surface area contributed by atoms with Gasteiger partial charge in [0.05, 0.1) is 0 Å². The maximum Gasteiger partial charge on any atom is 0.143 e. The molecule has 1 heterocycles. The van der Waals surface area contributed by atoms with Gasteiger partial charge >= 0.3 is 0 Å². The van der Waals surface area contributed by atoms with Crippen molar-refractivity contribution in [2.45, 2.75) is 0 Å². The van der Waals surface area contributed by atoms with Crippen LogP contribution in [0.2, 0.25) is 0 Å². The van der Waals surface area contributed by atoms with Crippen molar-refractivity contribution in [3.63, 3.8) is 0 Å². The Bertz CT molecular complexity index is 1220. The maximum atomic E-state index is 6.16. The second-order valence-corrected chi connectivity index (χ2v) is 6.07. The van der Waals surface area contributed by atoms with Gasteiger partial charge in [0.25, 0.3) is 0 Å². The zero-order valence-corrected chi connectivity index (χ0v) is 13.0. The highest BCUT2D eigenvalue weighted by Gasteiger charge is 2.14. The SMILES string of the molecule is [B]c1cccc(-c2cc3c4ccccc4oc3c3ccccc23)c1. The molecule has 110 valence electrons. The van der Waals surface area contributed by atoms with Crippen LogP contribution in [0.1, 0.15) is 0 Å². The van der Waals surface area contributed by atoms with Gasteiger partial charge < -0.3 is 4.42 Å². The number of fused-ring (bicyclic) bond motifs is 5. The van der Waals surface area contributed by atoms with Crippen LogP contribution in [0.15, 0.2) is 83.3 Å². The molecule has 0 saturated carbocycles. The second kappa shape index (κ2) is 5.00. The van der Waals surface area contributed by atoms with E-state index >= 15 is 0 Å². The Balaban J connectivity index is 2.00. The summed E-state index contributed by atoms with van der Waals surface area (Å²) in [5, 5.41) is 4.59. The third-order valence-corrected chi connectivity index (χ3v) is 4.58. The summed E-state index contributed by atoms with van der Waals surface area (Å²) in [5.41, 5.74) is 4.94. The van der Waals surface area contributed by atoms with Crippen molar-refractivity contribution in [2.24, 2.45) is 0 Å². The minimum atomic E-state index is 0.772. The number of para-hydroxylation sites is 1. The van der Waals surface area contributed by atoms with Crippen molar-refractivity contribution in [2.75, 3.05) is 0 Å². The van der Waals surface area contributed by atoms with Gasteiger partial charge in [-0.15, -0.1) is 0 Å². The molecule has 0 bridgehead atoms. The van der Waals surface area contributed by atoms with Crippen LogP contribution in [-0.4, -0.2) is 7.85 Å². The van der Waals surface area contributed by atoms with E-state index in [0.29, 0.717) is 0 Å². The predicted molar refractivity (Wildman–Crippen MR) is 102 cm³/mol. The van der Waals surface area contributed by atoms with Gasteiger partial charge in [0, 0.05) is 16.2 Å². The molecule has 0 atom stereocenters. The highest BCUT2D eigenvalue weighted by Crippen LogP contribution is 2.39. The number of benzene rings is 4. The Kier molecular flexibility index (Phi) is 2.80. The fourth-order valence-electron chi connectivity index (χ4n) is 3.49. The van der Waals surface area contributed by atoms with Gasteiger partial charge in [-0.3, -0.25) is 0 Å². The lowest BCUT2D eigenvalue weighted by molar-refractivity contribution is 0.672. The van der Waals surface area contributed by atoms with Gasteiger partial charge in [0.15, 0.2) is 0 Å². The first kappa shape index (κ1) is 13.4. The maximum absolute atomic E-state index is 6.16. The molecule has 0 aliphatic carbocycles. The van der Waals surface area contributed by atoms with Gasteiger partial charge in [-0.05, 0) is 28.6 Å². The molecule has 1 nitrogen and oxygen atoms in total. The smallest absolute Gasteiger partial charge is 0.143 e. The van der Waals surface area contributed by atoms with E-state index in [0.717, 1.165) is 38.4 Å². The van der Waals surface area contributed by atoms with E-state index < -0.39 is 0 Å². The lowest BCUT2D eigenvalue weighted by Crippen LogP contribution is -2.00. The molecule has 5 aromatic rings. The van der Waals surface area contributed by atoms with Crippen LogP contribution in [0, 0.1) is 0 Å². The van der Waals surface area contributed by atoms with Crippen LogP contribution < -0.4 is 5.46 Å². The first-order valence-corrected chi connectivity index (χ1v) is 8.00. The zero-order chi connectivity index (χ0) is 16.1. The van der Waals surface area contributed by atoms with Crippen molar-refractivity contribution in [1.82, 2.24) is 0 Å². The Hall–Kier alpha value is -3.00. The van der Waals surface area contributed by atoms with Gasteiger partial charge in [-0.25, -0.2) is 0 Å². The second-order valence-electron chi connectivity index (χ2n) is 6.07. The van der Waals surface area contributed by atoms with E-state index in [1.807, 2.05) is 36.4 Å². The lowest BCUT2D eigenvalue weighted by atomic mass is 9.90. The highest BCUT2D eigenvalue weighted by molar-refractivity contribution is 6.32. The number of hydrogen-bond donors (Lipinski definition) is 0. The third-order valence-electron chi connectivity index (χ3n) is 4.58. The predicted octanol–water partition coefficient (Wildman–Crippen LogP) is 5.20. The molecule has 0 aliphatic rings. The molecule has 0 spiro atoms. The van der Waals surface area contributed by atoms with E-state index in [2.05, 4.69) is 42.5 Å². The van der Waals surface area contributed by atoms with Crippen LogP contribution in [0.4, 0.5) is 0 Å². The number of furan rings is 1. The number of hydrogen-bond acceptors (Lipinski definition) is 1. The topological polar surface area (TPSA) is 13.1 Å². The Morgan fingerprint density at radius 1 is 0.625 bits per heavy atom. The molecule has 24 heavy (non-hydrogen) atoms. The average molecular weight is 304 g/mol. The molecule has 5 rings (SSSR count). The average Bonchev–Trinajstić information content (AvgIpc) is 3.00. The Morgan fingerprint density at radius 2 is 1.38 bits per heavy atom. The van der Waals surface area contributed by atoms with Crippen LogP contribution in [0.25, 0.3) is 43.8 Å². The molecule has 0 amide bonds. The van der Waals surface area contributed by atoms with E-state index in [1.165, 1.54) is 10.9 Å². The monoisotopic (exact) mass is 304 g/mol. The van der Waals surface area contributed by atoms with E-state index in [1.54, 1.807) is 0 Å².